The lowest BCUT2D eigenvalue weighted by atomic mass is 9.91. The average molecular weight is 383 g/mol. The van der Waals surface area contributed by atoms with Gasteiger partial charge in [-0.15, -0.1) is 0 Å². The number of rotatable bonds is 5. The molecule has 1 aromatic heterocycles. The summed E-state index contributed by atoms with van der Waals surface area (Å²) >= 11 is 0. The SMILES string of the molecule is CC(C)CC1NC(=O)C2CC(NS(=O)(=O)c3cn(C)cn3)CCN2C1=O. The van der Waals surface area contributed by atoms with Gasteiger partial charge in [-0.2, -0.15) is 0 Å². The Balaban J connectivity index is 1.68. The Morgan fingerprint density at radius 2 is 2.12 bits per heavy atom. The first-order valence-corrected chi connectivity index (χ1v) is 10.3. The van der Waals surface area contributed by atoms with Crippen LogP contribution < -0.4 is 10.0 Å². The molecule has 0 bridgehead atoms. The minimum absolute atomic E-state index is 0.0522. The number of amides is 2. The molecule has 2 N–H and O–H groups in total. The number of hydrogen-bond acceptors (Lipinski definition) is 5. The van der Waals surface area contributed by atoms with Crippen LogP contribution in [-0.2, 0) is 26.7 Å². The van der Waals surface area contributed by atoms with E-state index in [0.29, 0.717) is 25.3 Å². The van der Waals surface area contributed by atoms with Gasteiger partial charge in [0.05, 0.1) is 6.33 Å². The van der Waals surface area contributed by atoms with Crippen LogP contribution in [0.2, 0.25) is 0 Å². The van der Waals surface area contributed by atoms with Crippen LogP contribution in [0.4, 0.5) is 0 Å². The number of aromatic nitrogens is 2. The number of nitrogens with zero attached hydrogens (tertiary/aromatic N) is 3. The van der Waals surface area contributed by atoms with Crippen molar-refractivity contribution in [2.24, 2.45) is 13.0 Å². The smallest absolute Gasteiger partial charge is 0.259 e. The Labute approximate surface area is 153 Å². The van der Waals surface area contributed by atoms with Crippen LogP contribution in [0.3, 0.4) is 0 Å². The van der Waals surface area contributed by atoms with Gasteiger partial charge < -0.3 is 14.8 Å². The molecule has 1 aromatic rings. The molecule has 3 heterocycles. The van der Waals surface area contributed by atoms with E-state index in [4.69, 9.17) is 0 Å². The minimum atomic E-state index is -3.75. The third-order valence-electron chi connectivity index (χ3n) is 4.79. The van der Waals surface area contributed by atoms with Crippen molar-refractivity contribution in [2.75, 3.05) is 6.54 Å². The zero-order valence-electron chi connectivity index (χ0n) is 15.2. The van der Waals surface area contributed by atoms with Gasteiger partial charge >= 0.3 is 0 Å². The summed E-state index contributed by atoms with van der Waals surface area (Å²) in [6, 6.07) is -1.53. The van der Waals surface area contributed by atoms with E-state index in [1.54, 1.807) is 16.5 Å². The molecule has 10 heteroatoms. The second-order valence-electron chi connectivity index (χ2n) is 7.46. The van der Waals surface area contributed by atoms with Gasteiger partial charge in [0.2, 0.25) is 11.8 Å². The number of fused-ring (bicyclic) bond motifs is 1. The monoisotopic (exact) mass is 383 g/mol. The van der Waals surface area contributed by atoms with Crippen LogP contribution in [0, 0.1) is 5.92 Å². The fraction of sp³-hybridized carbons (Fsp3) is 0.688. The molecule has 0 aromatic carbocycles. The van der Waals surface area contributed by atoms with Crippen LogP contribution >= 0.6 is 0 Å². The fourth-order valence-electron chi connectivity index (χ4n) is 3.55. The van der Waals surface area contributed by atoms with Gasteiger partial charge in [0.15, 0.2) is 5.03 Å². The summed E-state index contributed by atoms with van der Waals surface area (Å²) in [5.41, 5.74) is 0. The number of imidazole rings is 1. The van der Waals surface area contributed by atoms with E-state index in [9.17, 15) is 18.0 Å². The second-order valence-corrected chi connectivity index (χ2v) is 9.12. The zero-order chi connectivity index (χ0) is 19.1. The molecule has 2 aliphatic heterocycles. The largest absolute Gasteiger partial charge is 0.342 e. The Bertz CT molecular complexity index is 803. The van der Waals surface area contributed by atoms with E-state index in [-0.39, 0.29) is 23.3 Å². The normalized spacial score (nSPS) is 26.8. The molecule has 0 radical (unpaired) electrons. The molecule has 26 heavy (non-hydrogen) atoms. The maximum atomic E-state index is 12.6. The quantitative estimate of drug-likeness (QED) is 0.718. The Morgan fingerprint density at radius 3 is 2.73 bits per heavy atom. The van der Waals surface area contributed by atoms with Crippen LogP contribution in [0.25, 0.3) is 0 Å². The van der Waals surface area contributed by atoms with Crippen molar-refractivity contribution < 1.29 is 18.0 Å². The predicted octanol–water partition coefficient (Wildman–Crippen LogP) is -0.397. The molecule has 2 fully saturated rings. The van der Waals surface area contributed by atoms with E-state index in [1.807, 2.05) is 13.8 Å². The van der Waals surface area contributed by atoms with Crippen LogP contribution in [-0.4, -0.2) is 59.4 Å². The summed E-state index contributed by atoms with van der Waals surface area (Å²) < 4.78 is 29.0. The first-order chi connectivity index (χ1) is 12.2. The minimum Gasteiger partial charge on any atom is -0.342 e. The molecule has 3 unspecified atom stereocenters. The van der Waals surface area contributed by atoms with Gasteiger partial charge in [0.1, 0.15) is 12.1 Å². The lowest BCUT2D eigenvalue weighted by molar-refractivity contribution is -0.152. The van der Waals surface area contributed by atoms with Crippen molar-refractivity contribution >= 4 is 21.8 Å². The lowest BCUT2D eigenvalue weighted by Crippen LogP contribution is -2.67. The Morgan fingerprint density at radius 1 is 1.38 bits per heavy atom. The first-order valence-electron chi connectivity index (χ1n) is 8.78. The van der Waals surface area contributed by atoms with E-state index in [0.717, 1.165) is 0 Å². The molecule has 0 aliphatic carbocycles. The highest BCUT2D eigenvalue weighted by atomic mass is 32.2. The molecule has 0 saturated carbocycles. The molecule has 3 atom stereocenters. The van der Waals surface area contributed by atoms with Gasteiger partial charge in [0, 0.05) is 25.8 Å². The highest BCUT2D eigenvalue weighted by Gasteiger charge is 2.44. The van der Waals surface area contributed by atoms with Crippen molar-refractivity contribution in [3.05, 3.63) is 12.5 Å². The number of carbonyl (C=O) groups excluding carboxylic acids is 2. The average Bonchev–Trinajstić information content (AvgIpc) is 2.99. The van der Waals surface area contributed by atoms with Crippen molar-refractivity contribution in [1.82, 2.24) is 24.5 Å². The van der Waals surface area contributed by atoms with Crippen LogP contribution in [0.1, 0.15) is 33.1 Å². The van der Waals surface area contributed by atoms with Crippen molar-refractivity contribution in [1.29, 1.82) is 0 Å². The Hall–Kier alpha value is -1.94. The Kier molecular flexibility index (Phi) is 5.07. The number of aryl methyl sites for hydroxylation is 1. The topological polar surface area (TPSA) is 113 Å². The summed E-state index contributed by atoms with van der Waals surface area (Å²) in [5, 5.41) is 2.74. The zero-order valence-corrected chi connectivity index (χ0v) is 16.0. The number of nitrogens with one attached hydrogen (secondary N) is 2. The molecule has 2 saturated heterocycles. The number of sulfonamides is 1. The third-order valence-corrected chi connectivity index (χ3v) is 6.19. The standard InChI is InChI=1S/C16H25N5O4S/c1-10(2)6-12-16(23)21-5-4-11(7-13(21)15(22)18-12)19-26(24,25)14-8-20(3)9-17-14/h8-13,19H,4-7H2,1-3H3,(H,18,22). The van der Waals surface area contributed by atoms with Crippen molar-refractivity contribution in [2.45, 2.75) is 56.3 Å². The highest BCUT2D eigenvalue weighted by Crippen LogP contribution is 2.25. The van der Waals surface area contributed by atoms with Crippen LogP contribution in [0.5, 0.6) is 0 Å². The maximum absolute atomic E-state index is 12.6. The van der Waals surface area contributed by atoms with E-state index < -0.39 is 28.1 Å². The van der Waals surface area contributed by atoms with Crippen molar-refractivity contribution in [3.8, 4) is 0 Å². The number of piperidine rings is 1. The first kappa shape index (κ1) is 18.8. The molecule has 2 amide bonds. The fourth-order valence-corrected chi connectivity index (χ4v) is 4.82. The number of piperazine rings is 1. The van der Waals surface area contributed by atoms with E-state index >= 15 is 0 Å². The van der Waals surface area contributed by atoms with Gasteiger partial charge in [-0.3, -0.25) is 9.59 Å². The maximum Gasteiger partial charge on any atom is 0.259 e. The van der Waals surface area contributed by atoms with Gasteiger partial charge in [0.25, 0.3) is 10.0 Å². The van der Waals surface area contributed by atoms with E-state index in [1.165, 1.54) is 12.5 Å². The molecular weight excluding hydrogens is 358 g/mol. The van der Waals surface area contributed by atoms with E-state index in [2.05, 4.69) is 15.0 Å². The van der Waals surface area contributed by atoms with Gasteiger partial charge in [-0.25, -0.2) is 18.1 Å². The second kappa shape index (κ2) is 6.99. The van der Waals surface area contributed by atoms with Crippen molar-refractivity contribution in [3.63, 3.8) is 0 Å². The highest BCUT2D eigenvalue weighted by molar-refractivity contribution is 7.89. The molecule has 9 nitrogen and oxygen atoms in total. The molecule has 0 spiro atoms. The molecular formula is C16H25N5O4S. The number of hydrogen-bond donors (Lipinski definition) is 2. The number of carbonyl (C=O) groups is 2. The summed E-state index contributed by atoms with van der Waals surface area (Å²) in [4.78, 5) is 30.5. The van der Waals surface area contributed by atoms with Gasteiger partial charge in [-0.1, -0.05) is 13.8 Å². The summed E-state index contributed by atoms with van der Waals surface area (Å²) in [6.07, 6.45) is 4.17. The van der Waals surface area contributed by atoms with Crippen LogP contribution in [0.15, 0.2) is 17.6 Å². The summed E-state index contributed by atoms with van der Waals surface area (Å²) in [5.74, 6) is 0.00911. The molecule has 3 rings (SSSR count). The third kappa shape index (κ3) is 3.75. The summed E-state index contributed by atoms with van der Waals surface area (Å²) in [7, 11) is -2.06. The predicted molar refractivity (Wildman–Crippen MR) is 93.4 cm³/mol. The lowest BCUT2D eigenvalue weighted by Gasteiger charge is -2.44. The summed E-state index contributed by atoms with van der Waals surface area (Å²) in [6.45, 7) is 4.37. The van der Waals surface area contributed by atoms with Gasteiger partial charge in [-0.05, 0) is 25.2 Å². The molecule has 2 aliphatic rings. The molecule has 144 valence electrons.